The van der Waals surface area contributed by atoms with Crippen LogP contribution in [-0.4, -0.2) is 0 Å². The molecule has 0 heteroatoms. The normalized spacial score (nSPS) is 24.8. The summed E-state index contributed by atoms with van der Waals surface area (Å²) in [4.78, 5) is 0. The average Bonchev–Trinajstić information content (AvgIpc) is 3.40. The van der Waals surface area contributed by atoms with Gasteiger partial charge in [-0.05, 0) is 71.7 Å². The summed E-state index contributed by atoms with van der Waals surface area (Å²) in [5, 5.41) is -2.21. The van der Waals surface area contributed by atoms with E-state index in [-0.39, 0.29) is 21.5 Å². The van der Waals surface area contributed by atoms with Gasteiger partial charge in [0, 0.05) is 13.6 Å². The summed E-state index contributed by atoms with van der Waals surface area (Å²) in [5.41, 5.74) is -7.73. The molecule has 1 aliphatic carbocycles. The van der Waals surface area contributed by atoms with Crippen LogP contribution in [0.5, 0.6) is 0 Å². The number of benzene rings is 6. The molecule has 0 fully saturated rings. The Hall–Kier alpha value is -3.64. The van der Waals surface area contributed by atoms with Crippen molar-refractivity contribution in [1.82, 2.24) is 0 Å². The zero-order valence-corrected chi connectivity index (χ0v) is 15.6. The van der Waals surface area contributed by atoms with Crippen LogP contribution < -0.4 is 0 Å². The van der Waals surface area contributed by atoms with Crippen molar-refractivity contribution in [2.24, 2.45) is 0 Å². The van der Waals surface area contributed by atoms with Crippen LogP contribution in [0.3, 0.4) is 0 Å². The Morgan fingerprint density at radius 3 is 2.16 bits per heavy atom. The first-order chi connectivity index (χ1) is 23.9. The van der Waals surface area contributed by atoms with E-state index in [0.717, 1.165) is 6.07 Å². The second-order valence-corrected chi connectivity index (χ2v) is 7.31. The molecule has 0 N–H and O–H groups in total. The van der Waals surface area contributed by atoms with Crippen LogP contribution in [0, 0.1) is 0 Å². The first kappa shape index (κ1) is 6.43. The molecular weight excluding hydrogens is 372 g/mol. The van der Waals surface area contributed by atoms with Crippen molar-refractivity contribution < 1.29 is 28.8 Å². The minimum Gasteiger partial charge on any atom is -0.0619 e. The molecular formula is C31H22. The molecule has 6 aromatic rings. The number of hydrogen-bond donors (Lipinski definition) is 0. The zero-order valence-electron chi connectivity index (χ0n) is 36.6. The third-order valence-electron chi connectivity index (χ3n) is 5.61. The van der Waals surface area contributed by atoms with E-state index in [9.17, 15) is 1.37 Å². The summed E-state index contributed by atoms with van der Waals surface area (Å²) in [6.07, 6.45) is 0. The van der Waals surface area contributed by atoms with E-state index < -0.39 is 154 Å². The van der Waals surface area contributed by atoms with Crippen LogP contribution in [0.1, 0.15) is 53.6 Å². The molecule has 7 rings (SSSR count). The summed E-state index contributed by atoms with van der Waals surface area (Å²) in [7, 11) is 0. The van der Waals surface area contributed by atoms with Crippen LogP contribution in [-0.2, 0) is 5.41 Å². The lowest BCUT2D eigenvalue weighted by molar-refractivity contribution is 0.660. The van der Waals surface area contributed by atoms with Gasteiger partial charge in [0.05, 0.1) is 20.6 Å². The van der Waals surface area contributed by atoms with Crippen molar-refractivity contribution in [3.63, 3.8) is 0 Å². The van der Waals surface area contributed by atoms with Crippen molar-refractivity contribution in [2.75, 3.05) is 0 Å². The van der Waals surface area contributed by atoms with Gasteiger partial charge in [0.2, 0.25) is 0 Å². The van der Waals surface area contributed by atoms with E-state index in [2.05, 4.69) is 0 Å². The highest BCUT2D eigenvalue weighted by molar-refractivity contribution is 6.25. The van der Waals surface area contributed by atoms with E-state index in [1.54, 1.807) is 0 Å². The van der Waals surface area contributed by atoms with Gasteiger partial charge in [0.1, 0.15) is 0 Å². The first-order valence-electron chi connectivity index (χ1n) is 19.8. The lowest BCUT2D eigenvalue weighted by atomic mass is 9.81. The fraction of sp³-hybridized carbons (Fsp3) is 0.0968. The van der Waals surface area contributed by atoms with Gasteiger partial charge in [-0.25, -0.2) is 0 Å². The molecule has 0 bridgehead atoms. The predicted molar refractivity (Wildman–Crippen MR) is 133 cm³/mol. The molecule has 31 heavy (non-hydrogen) atoms. The third kappa shape index (κ3) is 2.15. The first-order valence-corrected chi connectivity index (χ1v) is 9.33. The minimum absolute atomic E-state index is 0.245. The molecule has 0 heterocycles. The molecule has 0 aliphatic heterocycles. The Morgan fingerprint density at radius 1 is 0.613 bits per heavy atom. The Morgan fingerprint density at radius 2 is 1.32 bits per heavy atom. The number of hydrogen-bond acceptors (Lipinski definition) is 0. The minimum atomic E-state index is -3.64. The SMILES string of the molecule is [2H]c1cc([2H])c2c(c1[2H])-c1c([2H])c([2H])c(-c3c([2H])c([2H])c4c([2H])c([2H])c5c([2H])c([2H])c([2H])c6c([2H])c([2H])c3c4c56)c([2H])c1C2(C([2H])([2H])[2H])C([2H])([2H])[2H]. The largest absolute Gasteiger partial charge is 0.0633 e. The zero-order chi connectivity index (χ0) is 38.8. The topological polar surface area (TPSA) is 0 Å². The molecule has 0 aromatic heterocycles. The van der Waals surface area contributed by atoms with Crippen LogP contribution >= 0.6 is 0 Å². The smallest absolute Gasteiger partial charge is 0.0619 e. The molecule has 0 spiro atoms. The molecule has 146 valence electrons. The Kier molecular flexibility index (Phi) is 1.19. The second-order valence-electron chi connectivity index (χ2n) is 7.31. The van der Waals surface area contributed by atoms with Crippen molar-refractivity contribution in [3.8, 4) is 22.3 Å². The van der Waals surface area contributed by atoms with Crippen molar-refractivity contribution in [2.45, 2.75) is 19.1 Å². The number of fused-ring (bicyclic) bond motifs is 3. The van der Waals surface area contributed by atoms with E-state index in [1.165, 1.54) is 0 Å². The summed E-state index contributed by atoms with van der Waals surface area (Å²) in [6.45, 7) is -7.27. The van der Waals surface area contributed by atoms with E-state index in [0.29, 0.717) is 0 Å². The maximum absolute atomic E-state index is 9.51. The van der Waals surface area contributed by atoms with Crippen LogP contribution in [0.2, 0.25) is 0 Å². The second kappa shape index (κ2) is 5.74. The Bertz CT molecular complexity index is 2610. The van der Waals surface area contributed by atoms with Gasteiger partial charge in [-0.1, -0.05) is 104 Å². The molecule has 0 nitrogen and oxygen atoms in total. The highest BCUT2D eigenvalue weighted by atomic mass is 14.4. The Balaban J connectivity index is 1.82. The van der Waals surface area contributed by atoms with E-state index in [1.807, 2.05) is 0 Å². The van der Waals surface area contributed by atoms with Crippen LogP contribution in [0.4, 0.5) is 0 Å². The highest BCUT2D eigenvalue weighted by Gasteiger charge is 2.35. The van der Waals surface area contributed by atoms with Crippen molar-refractivity contribution in [3.05, 3.63) is 108 Å². The summed E-state index contributed by atoms with van der Waals surface area (Å²) >= 11 is 0. The van der Waals surface area contributed by atoms with Crippen LogP contribution in [0.15, 0.2) is 96.7 Å². The lowest BCUT2D eigenvalue weighted by Crippen LogP contribution is -2.14. The molecule has 0 saturated heterocycles. The summed E-state index contributed by atoms with van der Waals surface area (Å²) in [6, 6.07) is -11.0. The summed E-state index contributed by atoms with van der Waals surface area (Å²) < 4.78 is 184. The monoisotopic (exact) mass is 415 g/mol. The van der Waals surface area contributed by atoms with Crippen molar-refractivity contribution >= 4 is 32.3 Å². The van der Waals surface area contributed by atoms with Crippen molar-refractivity contribution in [1.29, 1.82) is 0 Å². The van der Waals surface area contributed by atoms with E-state index in [4.69, 9.17) is 27.4 Å². The van der Waals surface area contributed by atoms with Gasteiger partial charge in [-0.15, -0.1) is 0 Å². The quantitative estimate of drug-likeness (QED) is 0.236. The summed E-state index contributed by atoms with van der Waals surface area (Å²) in [5.74, 6) is 0. The lowest BCUT2D eigenvalue weighted by Gasteiger charge is -2.22. The van der Waals surface area contributed by atoms with Gasteiger partial charge < -0.3 is 0 Å². The highest BCUT2D eigenvalue weighted by Crippen LogP contribution is 2.50. The molecule has 1 aliphatic rings. The molecule has 0 unspecified atom stereocenters. The molecule has 0 saturated carbocycles. The molecule has 0 atom stereocenters. The fourth-order valence-electron chi connectivity index (χ4n) is 4.21. The molecule has 6 aromatic carbocycles. The predicted octanol–water partition coefficient (Wildman–Crippen LogP) is 8.56. The molecule has 0 amide bonds. The maximum atomic E-state index is 9.51. The standard InChI is InChI=1S/C31H22/c1-31(2)27-9-4-3-8-24(27)25-16-14-22(18-28(25)31)23-15-12-21-11-10-19-6-5-7-20-13-17-26(23)30(21)29(19)20/h3-18H,1-2H3/i1D3,2D3,3D,5D,6D,7D,8D,9D,10D,11D,12D,13D,14D,15D,16D,17D,18D. The third-order valence-corrected chi connectivity index (χ3v) is 5.61. The van der Waals surface area contributed by atoms with Crippen LogP contribution in [0.25, 0.3) is 54.6 Å². The Labute approximate surface area is 211 Å². The van der Waals surface area contributed by atoms with Gasteiger partial charge in [0.15, 0.2) is 0 Å². The number of rotatable bonds is 1. The van der Waals surface area contributed by atoms with Gasteiger partial charge in [-0.2, -0.15) is 0 Å². The van der Waals surface area contributed by atoms with Gasteiger partial charge >= 0.3 is 0 Å². The van der Waals surface area contributed by atoms with Gasteiger partial charge in [-0.3, -0.25) is 0 Å². The van der Waals surface area contributed by atoms with Gasteiger partial charge in [0.25, 0.3) is 0 Å². The average molecular weight is 416 g/mol. The fourth-order valence-corrected chi connectivity index (χ4v) is 4.21. The molecule has 0 radical (unpaired) electrons. The maximum Gasteiger partial charge on any atom is 0.0633 e. The van der Waals surface area contributed by atoms with E-state index >= 15 is 0 Å².